The number of morpholine rings is 1. The van der Waals surface area contributed by atoms with E-state index < -0.39 is 0 Å². The van der Waals surface area contributed by atoms with Crippen LogP contribution in [0.5, 0.6) is 11.5 Å². The standard InChI is InChI=1S/C16H23NO4/c1-12(2)11-21-14-5-4-13(10-15(14)19-3)16(18)17-6-8-20-9-7-17/h4-5,10,12H,6-9,11H2,1-3H3. The third kappa shape index (κ3) is 4.11. The van der Waals surface area contributed by atoms with Gasteiger partial charge in [0, 0.05) is 18.7 Å². The molecule has 0 N–H and O–H groups in total. The van der Waals surface area contributed by atoms with Crippen LogP contribution in [-0.2, 0) is 4.74 Å². The van der Waals surface area contributed by atoms with Crippen LogP contribution in [0.3, 0.4) is 0 Å². The maximum Gasteiger partial charge on any atom is 0.254 e. The molecular formula is C16H23NO4. The molecule has 1 saturated heterocycles. The molecule has 21 heavy (non-hydrogen) atoms. The summed E-state index contributed by atoms with van der Waals surface area (Å²) in [5.74, 6) is 1.70. The number of carbonyl (C=O) groups is 1. The Morgan fingerprint density at radius 1 is 1.29 bits per heavy atom. The summed E-state index contributed by atoms with van der Waals surface area (Å²) in [5.41, 5.74) is 0.616. The van der Waals surface area contributed by atoms with Gasteiger partial charge in [0.05, 0.1) is 26.9 Å². The zero-order valence-corrected chi connectivity index (χ0v) is 12.9. The Morgan fingerprint density at radius 3 is 2.62 bits per heavy atom. The van der Waals surface area contributed by atoms with Crippen molar-refractivity contribution in [2.75, 3.05) is 40.0 Å². The van der Waals surface area contributed by atoms with Gasteiger partial charge in [-0.3, -0.25) is 4.79 Å². The number of hydrogen-bond acceptors (Lipinski definition) is 4. The number of hydrogen-bond donors (Lipinski definition) is 0. The third-order valence-corrected chi connectivity index (χ3v) is 3.28. The quantitative estimate of drug-likeness (QED) is 0.835. The van der Waals surface area contributed by atoms with Crippen LogP contribution < -0.4 is 9.47 Å². The highest BCUT2D eigenvalue weighted by atomic mass is 16.5. The van der Waals surface area contributed by atoms with Gasteiger partial charge in [-0.1, -0.05) is 13.8 Å². The van der Waals surface area contributed by atoms with Gasteiger partial charge < -0.3 is 19.1 Å². The van der Waals surface area contributed by atoms with Crippen molar-refractivity contribution in [3.63, 3.8) is 0 Å². The zero-order valence-electron chi connectivity index (χ0n) is 12.9. The van der Waals surface area contributed by atoms with E-state index in [-0.39, 0.29) is 5.91 Å². The van der Waals surface area contributed by atoms with Crippen LogP contribution in [0.4, 0.5) is 0 Å². The second-order valence-corrected chi connectivity index (χ2v) is 5.48. The normalized spacial score (nSPS) is 15.1. The predicted molar refractivity (Wildman–Crippen MR) is 80.0 cm³/mol. The van der Waals surface area contributed by atoms with E-state index in [9.17, 15) is 4.79 Å². The molecule has 0 bridgehead atoms. The molecule has 0 spiro atoms. The van der Waals surface area contributed by atoms with E-state index in [1.807, 2.05) is 0 Å². The van der Waals surface area contributed by atoms with Crippen molar-refractivity contribution in [2.45, 2.75) is 13.8 Å². The molecule has 1 aromatic rings. The average molecular weight is 293 g/mol. The number of rotatable bonds is 5. The SMILES string of the molecule is COc1cc(C(=O)N2CCOCC2)ccc1OCC(C)C. The Balaban J connectivity index is 2.11. The van der Waals surface area contributed by atoms with Gasteiger partial charge in [0.25, 0.3) is 5.91 Å². The van der Waals surface area contributed by atoms with Gasteiger partial charge in [-0.15, -0.1) is 0 Å². The van der Waals surface area contributed by atoms with E-state index >= 15 is 0 Å². The first-order valence-electron chi connectivity index (χ1n) is 7.29. The fourth-order valence-electron chi connectivity index (χ4n) is 2.13. The lowest BCUT2D eigenvalue weighted by molar-refractivity contribution is 0.0302. The first-order chi connectivity index (χ1) is 10.1. The topological polar surface area (TPSA) is 48.0 Å². The zero-order chi connectivity index (χ0) is 15.2. The number of methoxy groups -OCH3 is 1. The van der Waals surface area contributed by atoms with Crippen molar-refractivity contribution < 1.29 is 19.0 Å². The van der Waals surface area contributed by atoms with E-state index in [0.717, 1.165) is 0 Å². The second kappa shape index (κ2) is 7.31. The van der Waals surface area contributed by atoms with Gasteiger partial charge in [0.1, 0.15) is 0 Å². The van der Waals surface area contributed by atoms with Gasteiger partial charge in [-0.05, 0) is 24.1 Å². The van der Waals surface area contributed by atoms with Crippen LogP contribution in [0.2, 0.25) is 0 Å². The fourth-order valence-corrected chi connectivity index (χ4v) is 2.13. The summed E-state index contributed by atoms with van der Waals surface area (Å²) in [6.07, 6.45) is 0. The van der Waals surface area contributed by atoms with E-state index in [2.05, 4.69) is 13.8 Å². The van der Waals surface area contributed by atoms with Crippen LogP contribution in [0, 0.1) is 5.92 Å². The highest BCUT2D eigenvalue weighted by molar-refractivity contribution is 5.95. The molecule has 1 aliphatic rings. The molecule has 1 aliphatic heterocycles. The molecule has 0 atom stereocenters. The summed E-state index contributed by atoms with van der Waals surface area (Å²) < 4.78 is 16.3. The van der Waals surface area contributed by atoms with Crippen molar-refractivity contribution in [1.82, 2.24) is 4.90 Å². The lowest BCUT2D eigenvalue weighted by Gasteiger charge is -2.27. The van der Waals surface area contributed by atoms with Gasteiger partial charge in [-0.25, -0.2) is 0 Å². The molecule has 1 fully saturated rings. The summed E-state index contributed by atoms with van der Waals surface area (Å²) in [6, 6.07) is 5.33. The third-order valence-electron chi connectivity index (χ3n) is 3.28. The molecule has 1 aromatic carbocycles. The summed E-state index contributed by atoms with van der Waals surface area (Å²) in [6.45, 7) is 7.25. The van der Waals surface area contributed by atoms with Crippen molar-refractivity contribution in [3.8, 4) is 11.5 Å². The summed E-state index contributed by atoms with van der Waals surface area (Å²) in [5, 5.41) is 0. The number of carbonyl (C=O) groups excluding carboxylic acids is 1. The minimum absolute atomic E-state index is 0.00649. The minimum Gasteiger partial charge on any atom is -0.493 e. The number of amides is 1. The first-order valence-corrected chi connectivity index (χ1v) is 7.29. The number of benzene rings is 1. The van der Waals surface area contributed by atoms with Gasteiger partial charge in [0.2, 0.25) is 0 Å². The smallest absolute Gasteiger partial charge is 0.254 e. The summed E-state index contributed by atoms with van der Waals surface area (Å²) in [7, 11) is 1.58. The molecule has 0 unspecified atom stereocenters. The molecule has 1 heterocycles. The molecule has 5 heteroatoms. The highest BCUT2D eigenvalue weighted by Gasteiger charge is 2.20. The van der Waals surface area contributed by atoms with Gasteiger partial charge in [-0.2, -0.15) is 0 Å². The van der Waals surface area contributed by atoms with Crippen LogP contribution >= 0.6 is 0 Å². The Morgan fingerprint density at radius 2 is 2.00 bits per heavy atom. The molecule has 2 rings (SSSR count). The molecule has 1 amide bonds. The van der Waals surface area contributed by atoms with E-state index in [4.69, 9.17) is 14.2 Å². The Bertz CT molecular complexity index is 481. The average Bonchev–Trinajstić information content (AvgIpc) is 2.52. The maximum absolute atomic E-state index is 12.4. The molecule has 0 radical (unpaired) electrons. The molecule has 116 valence electrons. The summed E-state index contributed by atoms with van der Waals surface area (Å²) in [4.78, 5) is 14.2. The Kier molecular flexibility index (Phi) is 5.44. The van der Waals surface area contributed by atoms with Crippen molar-refractivity contribution >= 4 is 5.91 Å². The molecule has 0 aliphatic carbocycles. The molecule has 5 nitrogen and oxygen atoms in total. The monoisotopic (exact) mass is 293 g/mol. The lowest BCUT2D eigenvalue weighted by Crippen LogP contribution is -2.40. The molecular weight excluding hydrogens is 270 g/mol. The van der Waals surface area contributed by atoms with E-state index in [1.54, 1.807) is 30.2 Å². The maximum atomic E-state index is 12.4. The van der Waals surface area contributed by atoms with Crippen LogP contribution in [0.15, 0.2) is 18.2 Å². The van der Waals surface area contributed by atoms with Crippen LogP contribution in [0.25, 0.3) is 0 Å². The van der Waals surface area contributed by atoms with Crippen molar-refractivity contribution in [1.29, 1.82) is 0 Å². The van der Waals surface area contributed by atoms with Crippen molar-refractivity contribution in [2.24, 2.45) is 5.92 Å². The van der Waals surface area contributed by atoms with Crippen LogP contribution in [-0.4, -0.2) is 50.8 Å². The van der Waals surface area contributed by atoms with Gasteiger partial charge >= 0.3 is 0 Å². The summed E-state index contributed by atoms with van der Waals surface area (Å²) >= 11 is 0. The molecule has 0 saturated carbocycles. The second-order valence-electron chi connectivity index (χ2n) is 5.48. The number of nitrogens with zero attached hydrogens (tertiary/aromatic N) is 1. The first kappa shape index (κ1) is 15.6. The highest BCUT2D eigenvalue weighted by Crippen LogP contribution is 2.29. The number of ether oxygens (including phenoxy) is 3. The van der Waals surface area contributed by atoms with E-state index in [0.29, 0.717) is 55.9 Å². The Labute approximate surface area is 125 Å². The largest absolute Gasteiger partial charge is 0.493 e. The molecule has 0 aromatic heterocycles. The van der Waals surface area contributed by atoms with Crippen LogP contribution in [0.1, 0.15) is 24.2 Å². The lowest BCUT2D eigenvalue weighted by atomic mass is 10.1. The predicted octanol–water partition coefficient (Wildman–Crippen LogP) is 2.20. The Hall–Kier alpha value is -1.75. The van der Waals surface area contributed by atoms with Gasteiger partial charge in [0.15, 0.2) is 11.5 Å². The van der Waals surface area contributed by atoms with Crippen molar-refractivity contribution in [3.05, 3.63) is 23.8 Å². The minimum atomic E-state index is 0.00649. The fraction of sp³-hybridized carbons (Fsp3) is 0.562. The van der Waals surface area contributed by atoms with E-state index in [1.165, 1.54) is 0 Å².